The van der Waals surface area contributed by atoms with Crippen LogP contribution in [0.5, 0.6) is 0 Å². The molecule has 0 aromatic carbocycles. The lowest BCUT2D eigenvalue weighted by Crippen LogP contribution is -2.37. The van der Waals surface area contributed by atoms with E-state index in [2.05, 4.69) is 15.4 Å². The Bertz CT molecular complexity index is 149. The van der Waals surface area contributed by atoms with Gasteiger partial charge in [-0.2, -0.15) is 0 Å². The van der Waals surface area contributed by atoms with Crippen LogP contribution in [-0.4, -0.2) is 39.3 Å². The van der Waals surface area contributed by atoms with Crippen molar-refractivity contribution in [2.75, 3.05) is 27.2 Å². The molecule has 4 heteroatoms. The molecule has 0 bridgehead atoms. The molecule has 0 spiro atoms. The van der Waals surface area contributed by atoms with E-state index in [-0.39, 0.29) is 17.9 Å². The van der Waals surface area contributed by atoms with E-state index in [1.807, 2.05) is 7.05 Å². The molecule has 1 heterocycles. The van der Waals surface area contributed by atoms with Gasteiger partial charge in [-0.25, -0.2) is 0 Å². The van der Waals surface area contributed by atoms with Gasteiger partial charge >= 0.3 is 5.97 Å². The van der Waals surface area contributed by atoms with Crippen LogP contribution in [0, 0.1) is 5.92 Å². The molecule has 0 aliphatic carbocycles. The lowest BCUT2D eigenvalue weighted by molar-refractivity contribution is -0.145. The smallest absolute Gasteiger partial charge is 0.311 e. The van der Waals surface area contributed by atoms with Gasteiger partial charge in [0, 0.05) is 19.1 Å². The van der Waals surface area contributed by atoms with E-state index in [1.54, 1.807) is 0 Å². The topological polar surface area (TPSA) is 50.4 Å². The number of hydrogen-bond acceptors (Lipinski definition) is 4. The SMILES string of the molecule is CNC1CNCC1C(=O)OC. The van der Waals surface area contributed by atoms with Gasteiger partial charge in [0.15, 0.2) is 0 Å². The molecule has 1 aliphatic heterocycles. The third-order valence-corrected chi connectivity index (χ3v) is 2.09. The van der Waals surface area contributed by atoms with Crippen LogP contribution < -0.4 is 10.6 Å². The van der Waals surface area contributed by atoms with E-state index in [0.717, 1.165) is 13.1 Å². The quantitative estimate of drug-likeness (QED) is 0.504. The molecule has 1 rings (SSSR count). The van der Waals surface area contributed by atoms with Crippen LogP contribution in [0.2, 0.25) is 0 Å². The van der Waals surface area contributed by atoms with E-state index >= 15 is 0 Å². The average Bonchev–Trinajstić information content (AvgIpc) is 2.50. The maximum absolute atomic E-state index is 11.1. The summed E-state index contributed by atoms with van der Waals surface area (Å²) in [6.45, 7) is 1.56. The van der Waals surface area contributed by atoms with E-state index in [9.17, 15) is 4.79 Å². The summed E-state index contributed by atoms with van der Waals surface area (Å²) in [4.78, 5) is 11.1. The number of esters is 1. The summed E-state index contributed by atoms with van der Waals surface area (Å²) in [5.41, 5.74) is 0. The summed E-state index contributed by atoms with van der Waals surface area (Å²) in [6.07, 6.45) is 0. The van der Waals surface area contributed by atoms with Gasteiger partial charge in [0.1, 0.15) is 0 Å². The normalized spacial score (nSPS) is 30.4. The zero-order chi connectivity index (χ0) is 8.27. The molecule has 0 saturated carbocycles. The van der Waals surface area contributed by atoms with Gasteiger partial charge in [0.25, 0.3) is 0 Å². The largest absolute Gasteiger partial charge is 0.469 e. The highest BCUT2D eigenvalue weighted by Crippen LogP contribution is 2.09. The van der Waals surface area contributed by atoms with E-state index in [4.69, 9.17) is 0 Å². The van der Waals surface area contributed by atoms with Crippen LogP contribution >= 0.6 is 0 Å². The summed E-state index contributed by atoms with van der Waals surface area (Å²) in [6, 6.07) is 0.224. The zero-order valence-electron chi connectivity index (χ0n) is 6.89. The predicted molar refractivity (Wildman–Crippen MR) is 41.2 cm³/mol. The highest BCUT2D eigenvalue weighted by atomic mass is 16.5. The number of likely N-dealkylation sites (N-methyl/N-ethyl adjacent to an activating group) is 1. The summed E-state index contributed by atoms with van der Waals surface area (Å²) < 4.78 is 4.65. The van der Waals surface area contributed by atoms with Crippen molar-refractivity contribution in [1.29, 1.82) is 0 Å². The number of methoxy groups -OCH3 is 1. The van der Waals surface area contributed by atoms with Gasteiger partial charge in [0.2, 0.25) is 0 Å². The molecular formula is C7H14N2O2. The van der Waals surface area contributed by atoms with Crippen molar-refractivity contribution in [1.82, 2.24) is 10.6 Å². The molecule has 0 radical (unpaired) electrons. The molecule has 2 N–H and O–H groups in total. The molecule has 0 amide bonds. The van der Waals surface area contributed by atoms with Gasteiger partial charge in [-0.3, -0.25) is 4.79 Å². The summed E-state index contributed by atoms with van der Waals surface area (Å²) in [7, 11) is 3.28. The van der Waals surface area contributed by atoms with Crippen molar-refractivity contribution in [3.05, 3.63) is 0 Å². The Labute approximate surface area is 66.3 Å². The standard InChI is InChI=1S/C7H14N2O2/c1-8-6-4-9-3-5(6)7(10)11-2/h5-6,8-9H,3-4H2,1-2H3. The van der Waals surface area contributed by atoms with Crippen LogP contribution in [0.3, 0.4) is 0 Å². The van der Waals surface area contributed by atoms with Crippen LogP contribution in [0.15, 0.2) is 0 Å². The van der Waals surface area contributed by atoms with E-state index in [0.29, 0.717) is 0 Å². The molecule has 2 atom stereocenters. The van der Waals surface area contributed by atoms with Crippen LogP contribution in [0.1, 0.15) is 0 Å². The van der Waals surface area contributed by atoms with Gasteiger partial charge < -0.3 is 15.4 Å². The third kappa shape index (κ3) is 1.70. The van der Waals surface area contributed by atoms with Crippen molar-refractivity contribution < 1.29 is 9.53 Å². The zero-order valence-corrected chi connectivity index (χ0v) is 6.89. The Kier molecular flexibility index (Phi) is 2.84. The number of carbonyl (C=O) groups excluding carboxylic acids is 1. The molecule has 1 saturated heterocycles. The van der Waals surface area contributed by atoms with Gasteiger partial charge in [-0.15, -0.1) is 0 Å². The Morgan fingerprint density at radius 3 is 2.91 bits per heavy atom. The Morgan fingerprint density at radius 1 is 1.64 bits per heavy atom. The van der Waals surface area contributed by atoms with Crippen LogP contribution in [0.25, 0.3) is 0 Å². The Balaban J connectivity index is 2.49. The second-order valence-electron chi connectivity index (χ2n) is 2.68. The third-order valence-electron chi connectivity index (χ3n) is 2.09. The van der Waals surface area contributed by atoms with Crippen molar-refractivity contribution in [3.63, 3.8) is 0 Å². The maximum Gasteiger partial charge on any atom is 0.311 e. The fourth-order valence-corrected chi connectivity index (χ4v) is 1.38. The minimum atomic E-state index is -0.130. The maximum atomic E-state index is 11.1. The van der Waals surface area contributed by atoms with Crippen molar-refractivity contribution in [2.45, 2.75) is 6.04 Å². The minimum Gasteiger partial charge on any atom is -0.469 e. The Morgan fingerprint density at radius 2 is 2.36 bits per heavy atom. The highest BCUT2D eigenvalue weighted by Gasteiger charge is 2.32. The number of ether oxygens (including phenoxy) is 1. The van der Waals surface area contributed by atoms with Crippen LogP contribution in [0.4, 0.5) is 0 Å². The molecule has 1 aliphatic rings. The molecule has 2 unspecified atom stereocenters. The predicted octanol–water partition coefficient (Wildman–Crippen LogP) is -1.03. The molecule has 4 nitrogen and oxygen atoms in total. The van der Waals surface area contributed by atoms with E-state index in [1.165, 1.54) is 7.11 Å². The molecule has 1 fully saturated rings. The second-order valence-corrected chi connectivity index (χ2v) is 2.68. The summed E-state index contributed by atoms with van der Waals surface area (Å²) in [5, 5.41) is 6.19. The molecule has 64 valence electrons. The van der Waals surface area contributed by atoms with Crippen molar-refractivity contribution in [3.8, 4) is 0 Å². The molecule has 11 heavy (non-hydrogen) atoms. The van der Waals surface area contributed by atoms with Gasteiger partial charge in [-0.1, -0.05) is 0 Å². The summed E-state index contributed by atoms with van der Waals surface area (Å²) in [5.74, 6) is -0.153. The average molecular weight is 158 g/mol. The first kappa shape index (κ1) is 8.49. The van der Waals surface area contributed by atoms with Crippen molar-refractivity contribution in [2.24, 2.45) is 5.92 Å². The lowest BCUT2D eigenvalue weighted by atomic mass is 10.1. The lowest BCUT2D eigenvalue weighted by Gasteiger charge is -2.14. The van der Waals surface area contributed by atoms with E-state index < -0.39 is 0 Å². The monoisotopic (exact) mass is 158 g/mol. The molecular weight excluding hydrogens is 144 g/mol. The fourth-order valence-electron chi connectivity index (χ4n) is 1.38. The Hall–Kier alpha value is -0.610. The first-order valence-electron chi connectivity index (χ1n) is 3.75. The highest BCUT2D eigenvalue weighted by molar-refractivity contribution is 5.73. The van der Waals surface area contributed by atoms with Gasteiger partial charge in [-0.05, 0) is 7.05 Å². The van der Waals surface area contributed by atoms with Crippen molar-refractivity contribution >= 4 is 5.97 Å². The number of rotatable bonds is 2. The summed E-state index contributed by atoms with van der Waals surface area (Å²) >= 11 is 0. The molecule has 0 aromatic heterocycles. The van der Waals surface area contributed by atoms with Gasteiger partial charge in [0.05, 0.1) is 13.0 Å². The molecule has 0 aromatic rings. The second kappa shape index (κ2) is 3.69. The fraction of sp³-hybridized carbons (Fsp3) is 0.857. The minimum absolute atomic E-state index is 0.0231. The first-order valence-corrected chi connectivity index (χ1v) is 3.75. The number of nitrogens with one attached hydrogen (secondary N) is 2. The first-order chi connectivity index (χ1) is 5.29. The number of carbonyl (C=O) groups is 1. The number of hydrogen-bond donors (Lipinski definition) is 2. The van der Waals surface area contributed by atoms with Crippen LogP contribution in [-0.2, 0) is 9.53 Å².